The molecule has 84 valence electrons. The molecule has 4 nitrogen and oxygen atoms in total. The molecule has 0 radical (unpaired) electrons. The van der Waals surface area contributed by atoms with Crippen molar-refractivity contribution in [3.63, 3.8) is 0 Å². The van der Waals surface area contributed by atoms with Crippen molar-refractivity contribution >= 4 is 5.91 Å². The van der Waals surface area contributed by atoms with Gasteiger partial charge in [0.2, 0.25) is 5.91 Å². The molecule has 0 rings (SSSR count). The lowest BCUT2D eigenvalue weighted by atomic mass is 10.3. The van der Waals surface area contributed by atoms with Crippen LogP contribution >= 0.6 is 0 Å². The summed E-state index contributed by atoms with van der Waals surface area (Å²) in [5.74, 6) is 0.0384. The van der Waals surface area contributed by atoms with Gasteiger partial charge in [0.05, 0.1) is 12.6 Å². The van der Waals surface area contributed by atoms with Crippen molar-refractivity contribution in [3.8, 4) is 0 Å². The van der Waals surface area contributed by atoms with Crippen LogP contribution in [0.5, 0.6) is 0 Å². The molecule has 14 heavy (non-hydrogen) atoms. The average Bonchev–Trinajstić information content (AvgIpc) is 2.11. The molecule has 0 bridgehead atoms. The first-order valence-electron chi connectivity index (χ1n) is 5.19. The van der Waals surface area contributed by atoms with Crippen LogP contribution in [0.15, 0.2) is 0 Å². The lowest BCUT2D eigenvalue weighted by Crippen LogP contribution is -2.45. The molecular weight excluding hydrogens is 180 g/mol. The topological polar surface area (TPSA) is 50.4 Å². The van der Waals surface area contributed by atoms with E-state index in [4.69, 9.17) is 4.74 Å². The Balaban J connectivity index is 3.52. The standard InChI is InChI=1S/C10H22N2O2/c1-5-14-7-6-11-9(4)10(13)12-8(2)3/h8-9,11H,5-7H2,1-4H3,(H,12,13). The number of amides is 1. The fourth-order valence-corrected chi connectivity index (χ4v) is 0.994. The molecule has 0 aromatic heterocycles. The van der Waals surface area contributed by atoms with E-state index in [0.717, 1.165) is 0 Å². The van der Waals surface area contributed by atoms with E-state index in [2.05, 4.69) is 10.6 Å². The van der Waals surface area contributed by atoms with Gasteiger partial charge in [-0.05, 0) is 27.7 Å². The maximum Gasteiger partial charge on any atom is 0.237 e. The summed E-state index contributed by atoms with van der Waals surface area (Å²) < 4.78 is 5.15. The number of ether oxygens (including phenoxy) is 1. The quantitative estimate of drug-likeness (QED) is 0.592. The second-order valence-corrected chi connectivity index (χ2v) is 3.54. The number of rotatable bonds is 7. The highest BCUT2D eigenvalue weighted by Gasteiger charge is 2.11. The second kappa shape index (κ2) is 7.76. The third kappa shape index (κ3) is 6.86. The molecular formula is C10H22N2O2. The van der Waals surface area contributed by atoms with Crippen molar-refractivity contribution in [1.29, 1.82) is 0 Å². The molecule has 4 heteroatoms. The zero-order valence-corrected chi connectivity index (χ0v) is 9.59. The summed E-state index contributed by atoms with van der Waals surface area (Å²) in [6, 6.07) is 0.0384. The van der Waals surface area contributed by atoms with Crippen molar-refractivity contribution in [2.45, 2.75) is 39.8 Å². The molecule has 1 unspecified atom stereocenters. The monoisotopic (exact) mass is 202 g/mol. The van der Waals surface area contributed by atoms with Crippen LogP contribution < -0.4 is 10.6 Å². The van der Waals surface area contributed by atoms with E-state index < -0.39 is 0 Å². The van der Waals surface area contributed by atoms with E-state index in [1.54, 1.807) is 0 Å². The molecule has 0 aromatic rings. The fourth-order valence-electron chi connectivity index (χ4n) is 0.994. The van der Waals surface area contributed by atoms with E-state index in [-0.39, 0.29) is 18.0 Å². The number of carbonyl (C=O) groups is 1. The van der Waals surface area contributed by atoms with Crippen molar-refractivity contribution < 1.29 is 9.53 Å². The molecule has 0 aromatic carbocycles. The molecule has 0 heterocycles. The third-order valence-corrected chi connectivity index (χ3v) is 1.73. The Morgan fingerprint density at radius 3 is 2.50 bits per heavy atom. The van der Waals surface area contributed by atoms with E-state index >= 15 is 0 Å². The highest BCUT2D eigenvalue weighted by atomic mass is 16.5. The summed E-state index contributed by atoms with van der Waals surface area (Å²) in [5, 5.41) is 5.93. The first kappa shape index (κ1) is 13.4. The molecule has 0 saturated heterocycles. The van der Waals surface area contributed by atoms with Gasteiger partial charge in [-0.15, -0.1) is 0 Å². The minimum Gasteiger partial charge on any atom is -0.380 e. The smallest absolute Gasteiger partial charge is 0.237 e. The lowest BCUT2D eigenvalue weighted by molar-refractivity contribution is -0.123. The summed E-state index contributed by atoms with van der Waals surface area (Å²) in [7, 11) is 0. The van der Waals surface area contributed by atoms with Crippen molar-refractivity contribution in [3.05, 3.63) is 0 Å². The zero-order valence-electron chi connectivity index (χ0n) is 9.59. The van der Waals surface area contributed by atoms with Crippen LogP contribution in [0.25, 0.3) is 0 Å². The van der Waals surface area contributed by atoms with E-state index in [9.17, 15) is 4.79 Å². The predicted octanol–water partition coefficient (Wildman–Crippen LogP) is 0.526. The summed E-state index contributed by atoms with van der Waals surface area (Å²) >= 11 is 0. The highest BCUT2D eigenvalue weighted by Crippen LogP contribution is 1.85. The zero-order chi connectivity index (χ0) is 11.0. The Bertz CT molecular complexity index is 160. The Kier molecular flexibility index (Phi) is 7.42. The molecule has 0 saturated carbocycles. The highest BCUT2D eigenvalue weighted by molar-refractivity contribution is 5.81. The molecule has 0 aliphatic heterocycles. The molecule has 0 aliphatic carbocycles. The Morgan fingerprint density at radius 2 is 2.00 bits per heavy atom. The predicted molar refractivity (Wildman–Crippen MR) is 57.2 cm³/mol. The van der Waals surface area contributed by atoms with Gasteiger partial charge in [0.1, 0.15) is 0 Å². The Labute approximate surface area is 86.4 Å². The third-order valence-electron chi connectivity index (χ3n) is 1.73. The van der Waals surface area contributed by atoms with Crippen LogP contribution in [0.1, 0.15) is 27.7 Å². The van der Waals surface area contributed by atoms with Crippen molar-refractivity contribution in [1.82, 2.24) is 10.6 Å². The molecule has 1 atom stereocenters. The SMILES string of the molecule is CCOCCNC(C)C(=O)NC(C)C. The summed E-state index contributed by atoms with van der Waals surface area (Å²) in [4.78, 5) is 11.4. The van der Waals surface area contributed by atoms with Crippen LogP contribution in [0, 0.1) is 0 Å². The van der Waals surface area contributed by atoms with Gasteiger partial charge in [0.15, 0.2) is 0 Å². The lowest BCUT2D eigenvalue weighted by Gasteiger charge is -2.15. The molecule has 0 aliphatic rings. The van der Waals surface area contributed by atoms with E-state index in [0.29, 0.717) is 19.8 Å². The summed E-state index contributed by atoms with van der Waals surface area (Å²) in [6.07, 6.45) is 0. The molecule has 0 fully saturated rings. The minimum absolute atomic E-state index is 0.0384. The normalized spacial score (nSPS) is 12.9. The van der Waals surface area contributed by atoms with E-state index in [1.807, 2.05) is 27.7 Å². The summed E-state index contributed by atoms with van der Waals surface area (Å²) in [5.41, 5.74) is 0. The van der Waals surface area contributed by atoms with Crippen molar-refractivity contribution in [2.75, 3.05) is 19.8 Å². The molecule has 0 spiro atoms. The maximum atomic E-state index is 11.4. The van der Waals surface area contributed by atoms with Crippen LogP contribution in [0.4, 0.5) is 0 Å². The average molecular weight is 202 g/mol. The maximum absolute atomic E-state index is 11.4. The van der Waals surface area contributed by atoms with Gasteiger partial charge in [-0.25, -0.2) is 0 Å². The molecule has 1 amide bonds. The number of carbonyl (C=O) groups excluding carboxylic acids is 1. The van der Waals surface area contributed by atoms with Gasteiger partial charge in [0, 0.05) is 19.2 Å². The Morgan fingerprint density at radius 1 is 1.36 bits per heavy atom. The number of hydrogen-bond donors (Lipinski definition) is 2. The van der Waals surface area contributed by atoms with Crippen LogP contribution in [-0.2, 0) is 9.53 Å². The van der Waals surface area contributed by atoms with Gasteiger partial charge in [0.25, 0.3) is 0 Å². The van der Waals surface area contributed by atoms with Crippen LogP contribution in [-0.4, -0.2) is 37.7 Å². The fraction of sp³-hybridized carbons (Fsp3) is 0.900. The van der Waals surface area contributed by atoms with Gasteiger partial charge in [-0.1, -0.05) is 0 Å². The van der Waals surface area contributed by atoms with Crippen molar-refractivity contribution in [2.24, 2.45) is 0 Å². The van der Waals surface area contributed by atoms with E-state index in [1.165, 1.54) is 0 Å². The summed E-state index contributed by atoms with van der Waals surface area (Å²) in [6.45, 7) is 9.78. The van der Waals surface area contributed by atoms with Gasteiger partial charge in [-0.2, -0.15) is 0 Å². The largest absolute Gasteiger partial charge is 0.380 e. The first-order chi connectivity index (χ1) is 6.57. The number of hydrogen-bond acceptors (Lipinski definition) is 3. The number of nitrogens with one attached hydrogen (secondary N) is 2. The van der Waals surface area contributed by atoms with Gasteiger partial charge < -0.3 is 15.4 Å². The van der Waals surface area contributed by atoms with Gasteiger partial charge >= 0.3 is 0 Å². The second-order valence-electron chi connectivity index (χ2n) is 3.54. The Hall–Kier alpha value is -0.610. The van der Waals surface area contributed by atoms with Gasteiger partial charge in [-0.3, -0.25) is 4.79 Å². The van der Waals surface area contributed by atoms with Crippen LogP contribution in [0.2, 0.25) is 0 Å². The first-order valence-corrected chi connectivity index (χ1v) is 5.19. The van der Waals surface area contributed by atoms with Crippen LogP contribution in [0.3, 0.4) is 0 Å². The minimum atomic E-state index is -0.155. The molecule has 2 N–H and O–H groups in total.